The molecule has 3 rings (SSSR count). The van der Waals surface area contributed by atoms with Crippen LogP contribution >= 0.6 is 0 Å². The number of benzene rings is 1. The van der Waals surface area contributed by atoms with E-state index in [2.05, 4.69) is 33.9 Å². The molecule has 7 nitrogen and oxygen atoms in total. The summed E-state index contributed by atoms with van der Waals surface area (Å²) in [4.78, 5) is 13.6. The number of fused-ring (bicyclic) bond motifs is 1. The van der Waals surface area contributed by atoms with Crippen molar-refractivity contribution in [3.8, 4) is 17.2 Å². The predicted octanol–water partition coefficient (Wildman–Crippen LogP) is 2.97. The number of likely N-dealkylation sites (N-methyl/N-ethyl adjacent to an activating group) is 2. The second kappa shape index (κ2) is 8.61. The van der Waals surface area contributed by atoms with Crippen molar-refractivity contribution in [1.82, 2.24) is 14.9 Å². The third-order valence-electron chi connectivity index (χ3n) is 5.51. The van der Waals surface area contributed by atoms with Gasteiger partial charge in [-0.1, -0.05) is 12.8 Å². The zero-order valence-electron chi connectivity index (χ0n) is 17.0. The molecule has 148 valence electrons. The Hall–Kier alpha value is -2.28. The average molecular weight is 374 g/mol. The van der Waals surface area contributed by atoms with Crippen LogP contribution in [0.25, 0.3) is 10.9 Å². The molecule has 2 aromatic rings. The summed E-state index contributed by atoms with van der Waals surface area (Å²) < 4.78 is 16.5. The van der Waals surface area contributed by atoms with Gasteiger partial charge in [-0.25, -0.2) is 9.97 Å². The van der Waals surface area contributed by atoms with Crippen LogP contribution in [0, 0.1) is 0 Å². The van der Waals surface area contributed by atoms with Crippen LogP contribution in [-0.2, 0) is 0 Å². The Balaban J connectivity index is 1.89. The molecule has 1 fully saturated rings. The van der Waals surface area contributed by atoms with Crippen LogP contribution in [0.1, 0.15) is 25.7 Å². The third-order valence-corrected chi connectivity index (χ3v) is 5.51. The highest BCUT2D eigenvalue weighted by atomic mass is 16.5. The fourth-order valence-corrected chi connectivity index (χ4v) is 3.90. The Kier molecular flexibility index (Phi) is 6.21. The van der Waals surface area contributed by atoms with E-state index in [-0.39, 0.29) is 0 Å². The first-order valence-corrected chi connectivity index (χ1v) is 9.45. The summed E-state index contributed by atoms with van der Waals surface area (Å²) in [5, 5.41) is 0.887. The fraction of sp³-hybridized carbons (Fsp3) is 0.600. The molecule has 0 unspecified atom stereocenters. The lowest BCUT2D eigenvalue weighted by Gasteiger charge is -2.27. The molecule has 0 saturated heterocycles. The van der Waals surface area contributed by atoms with Gasteiger partial charge in [0, 0.05) is 26.2 Å². The van der Waals surface area contributed by atoms with Gasteiger partial charge >= 0.3 is 0 Å². The number of methoxy groups -OCH3 is 3. The molecule has 0 radical (unpaired) electrons. The maximum atomic E-state index is 5.57. The minimum Gasteiger partial charge on any atom is -0.493 e. The van der Waals surface area contributed by atoms with Gasteiger partial charge in [-0.05, 0) is 26.0 Å². The molecule has 1 heterocycles. The molecule has 0 spiro atoms. The van der Waals surface area contributed by atoms with E-state index in [0.717, 1.165) is 29.8 Å². The third kappa shape index (κ3) is 3.88. The van der Waals surface area contributed by atoms with E-state index in [1.54, 1.807) is 27.7 Å². The molecule has 0 amide bonds. The highest BCUT2D eigenvalue weighted by Gasteiger charge is 2.22. The summed E-state index contributed by atoms with van der Waals surface area (Å²) in [6, 6.07) is 2.63. The molecular formula is C20H30N4O3. The first-order valence-electron chi connectivity index (χ1n) is 9.45. The highest BCUT2D eigenvalue weighted by Crippen LogP contribution is 2.44. The Morgan fingerprint density at radius 1 is 0.963 bits per heavy atom. The molecular weight excluding hydrogens is 344 g/mol. The first-order chi connectivity index (χ1) is 13.1. The Morgan fingerprint density at radius 2 is 1.67 bits per heavy atom. The van der Waals surface area contributed by atoms with Crippen molar-refractivity contribution < 1.29 is 14.2 Å². The zero-order valence-corrected chi connectivity index (χ0v) is 17.0. The van der Waals surface area contributed by atoms with Crippen molar-refractivity contribution in [3.63, 3.8) is 0 Å². The molecule has 1 aromatic carbocycles. The van der Waals surface area contributed by atoms with E-state index < -0.39 is 0 Å². The molecule has 0 aliphatic heterocycles. The molecule has 0 atom stereocenters. The lowest BCUT2D eigenvalue weighted by molar-refractivity contribution is 0.251. The maximum absolute atomic E-state index is 5.57. The number of anilines is 1. The number of aromatic nitrogens is 2. The summed E-state index contributed by atoms with van der Waals surface area (Å²) in [5.41, 5.74) is 0.719. The average Bonchev–Trinajstić information content (AvgIpc) is 3.24. The Morgan fingerprint density at radius 3 is 2.30 bits per heavy atom. The summed E-state index contributed by atoms with van der Waals surface area (Å²) >= 11 is 0. The Bertz CT molecular complexity index is 777. The van der Waals surface area contributed by atoms with Crippen LogP contribution in [0.5, 0.6) is 17.2 Å². The monoisotopic (exact) mass is 374 g/mol. The lowest BCUT2D eigenvalue weighted by Crippen LogP contribution is -2.36. The van der Waals surface area contributed by atoms with Gasteiger partial charge in [0.25, 0.3) is 0 Å². The molecule has 0 bridgehead atoms. The fourth-order valence-electron chi connectivity index (χ4n) is 3.90. The number of ether oxygens (including phenoxy) is 3. The molecule has 27 heavy (non-hydrogen) atoms. The van der Waals surface area contributed by atoms with E-state index >= 15 is 0 Å². The second-order valence-electron chi connectivity index (χ2n) is 7.08. The standard InChI is InChI=1S/C20H30N4O3/c1-23(14-8-6-7-9-14)10-11-24(2)20-15-12-16(25-3)18(26-4)19(27-5)17(15)21-13-22-20/h12-14H,6-11H2,1-5H3. The van der Waals surface area contributed by atoms with Crippen LogP contribution in [0.2, 0.25) is 0 Å². The van der Waals surface area contributed by atoms with Crippen molar-refractivity contribution >= 4 is 16.7 Å². The van der Waals surface area contributed by atoms with Gasteiger partial charge in [0.05, 0.1) is 26.7 Å². The van der Waals surface area contributed by atoms with Crippen molar-refractivity contribution in [3.05, 3.63) is 12.4 Å². The van der Waals surface area contributed by atoms with Gasteiger partial charge in [0.15, 0.2) is 11.5 Å². The molecule has 1 saturated carbocycles. The Labute approximate surface area is 161 Å². The van der Waals surface area contributed by atoms with Crippen LogP contribution in [0.15, 0.2) is 12.4 Å². The van der Waals surface area contributed by atoms with Crippen LogP contribution < -0.4 is 19.1 Å². The summed E-state index contributed by atoms with van der Waals surface area (Å²) in [6.07, 6.45) is 6.89. The summed E-state index contributed by atoms with van der Waals surface area (Å²) in [6.45, 7) is 1.88. The molecule has 1 aromatic heterocycles. The number of rotatable bonds is 8. The molecule has 1 aliphatic carbocycles. The normalized spacial score (nSPS) is 14.7. The van der Waals surface area contributed by atoms with E-state index in [1.165, 1.54) is 25.7 Å². The van der Waals surface area contributed by atoms with Gasteiger partial charge in [-0.3, -0.25) is 0 Å². The predicted molar refractivity (Wildman–Crippen MR) is 107 cm³/mol. The van der Waals surface area contributed by atoms with Crippen LogP contribution in [-0.4, -0.2) is 69.4 Å². The minimum atomic E-state index is 0.542. The smallest absolute Gasteiger partial charge is 0.205 e. The molecule has 0 N–H and O–H groups in total. The van der Waals surface area contributed by atoms with E-state index in [0.29, 0.717) is 23.3 Å². The topological polar surface area (TPSA) is 60.0 Å². The van der Waals surface area contributed by atoms with Crippen molar-refractivity contribution in [2.75, 3.05) is 53.4 Å². The molecule has 1 aliphatic rings. The van der Waals surface area contributed by atoms with Crippen LogP contribution in [0.4, 0.5) is 5.82 Å². The number of hydrogen-bond donors (Lipinski definition) is 0. The van der Waals surface area contributed by atoms with Gasteiger partial charge in [0.1, 0.15) is 17.7 Å². The van der Waals surface area contributed by atoms with Crippen molar-refractivity contribution in [1.29, 1.82) is 0 Å². The highest BCUT2D eigenvalue weighted by molar-refractivity contribution is 5.96. The quantitative estimate of drug-likeness (QED) is 0.704. The maximum Gasteiger partial charge on any atom is 0.205 e. The minimum absolute atomic E-state index is 0.542. The van der Waals surface area contributed by atoms with E-state index in [1.807, 2.05) is 6.07 Å². The number of nitrogens with zero attached hydrogens (tertiary/aromatic N) is 4. The first kappa shape index (κ1) is 19.5. The van der Waals surface area contributed by atoms with Gasteiger partial charge < -0.3 is 24.0 Å². The summed E-state index contributed by atoms with van der Waals surface area (Å²) in [5.74, 6) is 2.57. The second-order valence-corrected chi connectivity index (χ2v) is 7.08. The van der Waals surface area contributed by atoms with Gasteiger partial charge in [-0.15, -0.1) is 0 Å². The van der Waals surface area contributed by atoms with E-state index in [4.69, 9.17) is 14.2 Å². The molecule has 7 heteroatoms. The SMILES string of the molecule is COc1cc2c(N(C)CCN(C)C3CCCC3)ncnc2c(OC)c1OC. The van der Waals surface area contributed by atoms with Gasteiger partial charge in [0.2, 0.25) is 5.75 Å². The van der Waals surface area contributed by atoms with Gasteiger partial charge in [-0.2, -0.15) is 0 Å². The lowest BCUT2D eigenvalue weighted by atomic mass is 10.1. The van der Waals surface area contributed by atoms with Crippen LogP contribution in [0.3, 0.4) is 0 Å². The number of hydrogen-bond acceptors (Lipinski definition) is 7. The zero-order chi connectivity index (χ0) is 19.4. The summed E-state index contributed by atoms with van der Waals surface area (Å²) in [7, 11) is 9.11. The largest absolute Gasteiger partial charge is 0.493 e. The van der Waals surface area contributed by atoms with E-state index in [9.17, 15) is 0 Å². The van der Waals surface area contributed by atoms with Crippen molar-refractivity contribution in [2.45, 2.75) is 31.7 Å². The van der Waals surface area contributed by atoms with Crippen molar-refractivity contribution in [2.24, 2.45) is 0 Å².